The van der Waals surface area contributed by atoms with Crippen LogP contribution in [0.2, 0.25) is 0 Å². The molecule has 2 atom stereocenters. The molecule has 4 fully saturated rings. The molecule has 4 aromatic carbocycles. The maximum Gasteiger partial charge on any atom is 0.299 e. The number of nitrogens with zero attached hydrogens (tertiary/aromatic N) is 4. The van der Waals surface area contributed by atoms with Gasteiger partial charge in [0.25, 0.3) is 23.4 Å². The molecular formula is C53H50N4O10. The number of amides is 2. The fourth-order valence-electron chi connectivity index (χ4n) is 10.1. The summed E-state index contributed by atoms with van der Waals surface area (Å²) in [6.07, 6.45) is 13.0. The molecule has 10 rings (SSSR count). The first kappa shape index (κ1) is 44.5. The van der Waals surface area contributed by atoms with Crippen molar-refractivity contribution >= 4 is 46.3 Å². The number of aromatic hydroxyl groups is 1. The summed E-state index contributed by atoms with van der Waals surface area (Å²) in [6, 6.07) is 29.9. The summed E-state index contributed by atoms with van der Waals surface area (Å²) >= 11 is 0. The lowest BCUT2D eigenvalue weighted by Crippen LogP contribution is -2.40. The molecule has 342 valence electrons. The first-order valence-electron chi connectivity index (χ1n) is 22.7. The van der Waals surface area contributed by atoms with Gasteiger partial charge in [0, 0.05) is 45.8 Å². The van der Waals surface area contributed by atoms with Gasteiger partial charge in [-0.05, 0) is 110 Å². The molecule has 14 nitrogen and oxygen atoms in total. The predicted molar refractivity (Wildman–Crippen MR) is 250 cm³/mol. The molecule has 2 amide bonds. The quantitative estimate of drug-likeness (QED) is 0.0707. The Morgan fingerprint density at radius 3 is 1.28 bits per heavy atom. The van der Waals surface area contributed by atoms with E-state index < -0.39 is 35.5 Å². The highest BCUT2D eigenvalue weighted by molar-refractivity contribution is 6.52. The predicted octanol–water partition coefficient (Wildman–Crippen LogP) is 10.1. The number of anilines is 2. The number of hydrogen-bond acceptors (Lipinski definition) is 12. The number of phenolic OH excluding ortho intramolecular Hbond substituents is 1. The fraction of sp³-hybridized carbons (Fsp3) is 0.283. The van der Waals surface area contributed by atoms with Crippen LogP contribution in [-0.4, -0.2) is 68.2 Å². The highest BCUT2D eigenvalue weighted by Gasteiger charge is 2.51. The maximum absolute atomic E-state index is 13.3. The summed E-state index contributed by atoms with van der Waals surface area (Å²) in [5.74, 6) is -2.06. The number of phenols is 1. The van der Waals surface area contributed by atoms with Gasteiger partial charge in [0.05, 0.1) is 30.3 Å². The van der Waals surface area contributed by atoms with Crippen molar-refractivity contribution in [3.8, 4) is 34.0 Å². The SMILES string of the molecule is COc1ccc(C(O)=C2C(=O)C(=O)N(c3ccc(-c4ccon4)cc3)C2C2CCCCC2)cc1.O=C1C(=O)N(c2ccc(-c3ccon3)cc2)C(C2CCCCC2)C1=C(O)c1ccc(O)cc1. The summed E-state index contributed by atoms with van der Waals surface area (Å²) < 4.78 is 15.0. The second kappa shape index (κ2) is 19.4. The van der Waals surface area contributed by atoms with Gasteiger partial charge in [-0.2, -0.15) is 0 Å². The standard InChI is InChI=1S/C27H26N2O5.C26H24N2O5/c1-33-21-13-9-19(10-14-21)25(30)23-24(18-5-3-2-4-6-18)29(27(32)26(23)31)20-11-7-17(8-12-20)22-15-16-34-28-22;29-20-12-8-18(9-13-20)24(30)22-23(17-4-2-1-3-5-17)28(26(32)25(22)31)19-10-6-16(7-11-19)21-14-15-33-27-21/h7-16,18,24,30H,2-6H2,1H3;6-15,17,23,29-30H,1-5H2. The molecule has 4 heterocycles. The lowest BCUT2D eigenvalue weighted by molar-refractivity contribution is -0.132. The van der Waals surface area contributed by atoms with Gasteiger partial charge in [-0.3, -0.25) is 29.0 Å². The molecule has 2 saturated heterocycles. The highest BCUT2D eigenvalue weighted by atomic mass is 16.5. The van der Waals surface area contributed by atoms with Crippen LogP contribution in [0.4, 0.5) is 11.4 Å². The van der Waals surface area contributed by atoms with Gasteiger partial charge in [0.1, 0.15) is 46.9 Å². The Bertz CT molecular complexity index is 2790. The van der Waals surface area contributed by atoms with Gasteiger partial charge in [-0.15, -0.1) is 0 Å². The van der Waals surface area contributed by atoms with Gasteiger partial charge >= 0.3 is 0 Å². The Morgan fingerprint density at radius 1 is 0.537 bits per heavy atom. The van der Waals surface area contributed by atoms with Crippen molar-refractivity contribution in [2.24, 2.45) is 11.8 Å². The zero-order valence-electron chi connectivity index (χ0n) is 36.9. The number of ether oxygens (including phenoxy) is 1. The largest absolute Gasteiger partial charge is 0.508 e. The van der Waals surface area contributed by atoms with Crippen LogP contribution in [0.1, 0.15) is 75.3 Å². The van der Waals surface area contributed by atoms with Gasteiger partial charge in [0.15, 0.2) is 0 Å². The van der Waals surface area contributed by atoms with E-state index in [0.29, 0.717) is 39.6 Å². The number of aliphatic hydroxyl groups excluding tert-OH is 2. The number of carbonyl (C=O) groups is 4. The van der Waals surface area contributed by atoms with E-state index >= 15 is 0 Å². The molecular weight excluding hydrogens is 853 g/mol. The first-order chi connectivity index (χ1) is 32.6. The number of rotatable bonds is 9. The Labute approximate surface area is 386 Å². The summed E-state index contributed by atoms with van der Waals surface area (Å²) in [7, 11) is 1.57. The lowest BCUT2D eigenvalue weighted by atomic mass is 9.80. The van der Waals surface area contributed by atoms with Crippen LogP contribution in [-0.2, 0) is 19.2 Å². The Morgan fingerprint density at radius 2 is 0.925 bits per heavy atom. The third-order valence-electron chi connectivity index (χ3n) is 13.4. The average Bonchev–Trinajstić information content (AvgIpc) is 4.21. The van der Waals surface area contributed by atoms with E-state index in [0.717, 1.165) is 75.3 Å². The minimum Gasteiger partial charge on any atom is -0.508 e. The zero-order valence-corrected chi connectivity index (χ0v) is 36.9. The molecule has 67 heavy (non-hydrogen) atoms. The van der Waals surface area contributed by atoms with E-state index in [9.17, 15) is 34.5 Å². The monoisotopic (exact) mass is 902 g/mol. The molecule has 0 spiro atoms. The molecule has 0 bridgehead atoms. The van der Waals surface area contributed by atoms with Crippen LogP contribution in [0.5, 0.6) is 11.5 Å². The van der Waals surface area contributed by atoms with E-state index in [-0.39, 0.29) is 40.2 Å². The van der Waals surface area contributed by atoms with Crippen molar-refractivity contribution < 1.29 is 48.3 Å². The van der Waals surface area contributed by atoms with Gasteiger partial charge < -0.3 is 29.1 Å². The number of carbonyl (C=O) groups excluding carboxylic acids is 4. The van der Waals surface area contributed by atoms with Crippen molar-refractivity contribution in [3.63, 3.8) is 0 Å². The highest BCUT2D eigenvalue weighted by Crippen LogP contribution is 2.44. The Balaban J connectivity index is 0.000000168. The van der Waals surface area contributed by atoms with Crippen LogP contribution in [0.25, 0.3) is 34.0 Å². The second-order valence-electron chi connectivity index (χ2n) is 17.4. The second-order valence-corrected chi connectivity index (χ2v) is 17.4. The number of Topliss-reactive ketones (excluding diaryl/α,β-unsaturated/α-hetero) is 2. The number of benzene rings is 4. The Kier molecular flexibility index (Phi) is 12.9. The van der Waals surface area contributed by atoms with Crippen LogP contribution < -0.4 is 14.5 Å². The topological polar surface area (TPSA) is 197 Å². The molecule has 2 aromatic heterocycles. The molecule has 0 radical (unpaired) electrons. The normalized spacial score (nSPS) is 20.8. The van der Waals surface area contributed by atoms with E-state index in [4.69, 9.17) is 13.8 Å². The van der Waals surface area contributed by atoms with Crippen LogP contribution >= 0.6 is 0 Å². The van der Waals surface area contributed by atoms with E-state index in [1.54, 1.807) is 72.7 Å². The van der Waals surface area contributed by atoms with E-state index in [2.05, 4.69) is 10.3 Å². The number of ketones is 2. The molecule has 6 aromatic rings. The van der Waals surface area contributed by atoms with Gasteiger partial charge in [-0.25, -0.2) is 0 Å². The summed E-state index contributed by atoms with van der Waals surface area (Å²) in [5.41, 5.74) is 5.48. The van der Waals surface area contributed by atoms with Gasteiger partial charge in [0.2, 0.25) is 0 Å². The minimum absolute atomic E-state index is 0.0584. The van der Waals surface area contributed by atoms with E-state index in [1.165, 1.54) is 29.6 Å². The Hall–Kier alpha value is -7.74. The van der Waals surface area contributed by atoms with Crippen LogP contribution in [0.15, 0.2) is 142 Å². The lowest BCUT2D eigenvalue weighted by Gasteiger charge is -2.34. The van der Waals surface area contributed by atoms with Crippen molar-refractivity contribution in [1.82, 2.24) is 10.3 Å². The average molecular weight is 903 g/mol. The summed E-state index contributed by atoms with van der Waals surface area (Å²) in [6.45, 7) is 0. The van der Waals surface area contributed by atoms with Gasteiger partial charge in [-0.1, -0.05) is 73.1 Å². The smallest absolute Gasteiger partial charge is 0.299 e. The number of hydrogen-bond donors (Lipinski definition) is 3. The molecule has 4 aliphatic rings. The van der Waals surface area contributed by atoms with E-state index in [1.807, 2.05) is 36.4 Å². The fourth-order valence-corrected chi connectivity index (χ4v) is 10.1. The number of aliphatic hydroxyl groups is 2. The summed E-state index contributed by atoms with van der Waals surface area (Å²) in [5, 5.41) is 39.8. The molecule has 14 heteroatoms. The minimum atomic E-state index is -0.684. The number of methoxy groups -OCH3 is 1. The van der Waals surface area contributed by atoms with Crippen molar-refractivity contribution in [1.29, 1.82) is 0 Å². The third-order valence-corrected chi connectivity index (χ3v) is 13.4. The van der Waals surface area contributed by atoms with Crippen LogP contribution in [0, 0.1) is 11.8 Å². The van der Waals surface area contributed by atoms with Crippen molar-refractivity contribution in [2.45, 2.75) is 76.3 Å². The maximum atomic E-state index is 13.3. The number of aromatic nitrogens is 2. The van der Waals surface area contributed by atoms with Crippen LogP contribution in [0.3, 0.4) is 0 Å². The molecule has 2 unspecified atom stereocenters. The third kappa shape index (κ3) is 8.86. The summed E-state index contributed by atoms with van der Waals surface area (Å²) in [4.78, 5) is 56.1. The first-order valence-corrected chi connectivity index (χ1v) is 22.7. The zero-order chi connectivity index (χ0) is 46.6. The molecule has 2 aliphatic carbocycles. The molecule has 2 aliphatic heterocycles. The van der Waals surface area contributed by atoms with Crippen molar-refractivity contribution in [2.75, 3.05) is 16.9 Å². The molecule has 2 saturated carbocycles. The van der Waals surface area contributed by atoms with Crippen molar-refractivity contribution in [3.05, 3.63) is 144 Å². The molecule has 3 N–H and O–H groups in total.